The molecule has 0 rings (SSSR count). The van der Waals surface area contributed by atoms with E-state index in [1.54, 1.807) is 0 Å². The molecule has 0 amide bonds. The maximum absolute atomic E-state index is 10.7. The summed E-state index contributed by atoms with van der Waals surface area (Å²) in [6.45, 7) is 6.87. The van der Waals surface area contributed by atoms with Crippen LogP contribution in [0.3, 0.4) is 0 Å². The fourth-order valence-corrected chi connectivity index (χ4v) is 0.532. The summed E-state index contributed by atoms with van der Waals surface area (Å²) in [5.41, 5.74) is 0.440. The van der Waals surface area contributed by atoms with Gasteiger partial charge in [0.1, 0.15) is 0 Å². The molecule has 0 aliphatic heterocycles. The number of carbonyl (C=O) groups is 1. The normalized spacial score (nSPS) is 8.56. The molecule has 0 aromatic carbocycles. The molecule has 2 heteroatoms. The van der Waals surface area contributed by atoms with Crippen LogP contribution in [0.4, 0.5) is 0 Å². The second-order valence-corrected chi connectivity index (χ2v) is 1.97. The summed E-state index contributed by atoms with van der Waals surface area (Å²) in [5.74, 6) is 0.325. The van der Waals surface area contributed by atoms with Crippen LogP contribution in [0.2, 0.25) is 0 Å². The van der Waals surface area contributed by atoms with Gasteiger partial charge in [-0.05, 0) is 0 Å². The number of allylic oxidation sites excluding steroid dienone is 2. The number of carbonyl (C=O) groups excluding carboxylic acids is 1. The highest BCUT2D eigenvalue weighted by Gasteiger charge is 2.00. The number of alkyl halides is 1. The Morgan fingerprint density at radius 1 is 1.67 bits per heavy atom. The Morgan fingerprint density at radius 3 is 2.56 bits per heavy atom. The van der Waals surface area contributed by atoms with Crippen molar-refractivity contribution in [2.24, 2.45) is 0 Å². The lowest BCUT2D eigenvalue weighted by atomic mass is 10.1. The van der Waals surface area contributed by atoms with Crippen molar-refractivity contribution in [3.8, 4) is 0 Å². The van der Waals surface area contributed by atoms with Crippen LogP contribution in [0.15, 0.2) is 24.8 Å². The van der Waals surface area contributed by atoms with Gasteiger partial charge in [-0.3, -0.25) is 4.79 Å². The van der Waals surface area contributed by atoms with Crippen molar-refractivity contribution in [3.05, 3.63) is 24.8 Å². The molecule has 0 aliphatic rings. The molecule has 0 aromatic heterocycles. The SMILES string of the molecule is C=CC(=C)C(=O)CCCl. The predicted molar refractivity (Wildman–Crippen MR) is 39.7 cm³/mol. The zero-order valence-corrected chi connectivity index (χ0v) is 5.95. The van der Waals surface area contributed by atoms with E-state index < -0.39 is 0 Å². The van der Waals surface area contributed by atoms with E-state index >= 15 is 0 Å². The first-order valence-corrected chi connectivity index (χ1v) is 3.16. The zero-order valence-electron chi connectivity index (χ0n) is 5.19. The minimum absolute atomic E-state index is 0.0278. The number of ketones is 1. The summed E-state index contributed by atoms with van der Waals surface area (Å²) < 4.78 is 0. The molecule has 0 fully saturated rings. The first kappa shape index (κ1) is 8.44. The Hall–Kier alpha value is -0.560. The van der Waals surface area contributed by atoms with Gasteiger partial charge in [-0.25, -0.2) is 0 Å². The maximum atomic E-state index is 10.7. The van der Waals surface area contributed by atoms with Crippen molar-refractivity contribution < 1.29 is 4.79 Å². The zero-order chi connectivity index (χ0) is 7.28. The third-order valence-electron chi connectivity index (χ3n) is 0.926. The highest BCUT2D eigenvalue weighted by atomic mass is 35.5. The van der Waals surface area contributed by atoms with Gasteiger partial charge in [0.15, 0.2) is 5.78 Å². The van der Waals surface area contributed by atoms with Crippen LogP contribution in [0.25, 0.3) is 0 Å². The Morgan fingerprint density at radius 2 is 2.22 bits per heavy atom. The van der Waals surface area contributed by atoms with Crippen LogP contribution in [0.5, 0.6) is 0 Å². The topological polar surface area (TPSA) is 17.1 Å². The van der Waals surface area contributed by atoms with Crippen molar-refractivity contribution in [2.75, 3.05) is 5.88 Å². The highest BCUT2D eigenvalue weighted by Crippen LogP contribution is 1.98. The van der Waals surface area contributed by atoms with Crippen LogP contribution in [0.1, 0.15) is 6.42 Å². The van der Waals surface area contributed by atoms with Crippen molar-refractivity contribution >= 4 is 17.4 Å². The lowest BCUT2D eigenvalue weighted by Gasteiger charge is -1.92. The molecule has 0 aliphatic carbocycles. The van der Waals surface area contributed by atoms with E-state index in [2.05, 4.69) is 13.2 Å². The van der Waals surface area contributed by atoms with Crippen LogP contribution in [-0.2, 0) is 4.79 Å². The molecular weight excluding hydrogens is 136 g/mol. The Labute approximate surface area is 60.0 Å². The second-order valence-electron chi connectivity index (χ2n) is 1.59. The molecule has 0 aromatic rings. The fourth-order valence-electron chi connectivity index (χ4n) is 0.360. The van der Waals surface area contributed by atoms with Crippen molar-refractivity contribution in [3.63, 3.8) is 0 Å². The van der Waals surface area contributed by atoms with Gasteiger partial charge in [0.05, 0.1) is 0 Å². The number of halogens is 1. The van der Waals surface area contributed by atoms with Crippen LogP contribution < -0.4 is 0 Å². The van der Waals surface area contributed by atoms with Gasteiger partial charge >= 0.3 is 0 Å². The molecule has 0 radical (unpaired) electrons. The molecule has 0 bridgehead atoms. The van der Waals surface area contributed by atoms with E-state index in [0.29, 0.717) is 17.9 Å². The summed E-state index contributed by atoms with van der Waals surface area (Å²) in [4.78, 5) is 10.7. The summed E-state index contributed by atoms with van der Waals surface area (Å²) in [5, 5.41) is 0. The van der Waals surface area contributed by atoms with Crippen LogP contribution >= 0.6 is 11.6 Å². The Kier molecular flexibility index (Phi) is 4.06. The van der Waals surface area contributed by atoms with Crippen molar-refractivity contribution in [2.45, 2.75) is 6.42 Å². The Balaban J connectivity index is 3.73. The third kappa shape index (κ3) is 3.09. The minimum Gasteiger partial charge on any atom is -0.294 e. The van der Waals surface area contributed by atoms with Crippen molar-refractivity contribution in [1.29, 1.82) is 0 Å². The lowest BCUT2D eigenvalue weighted by Crippen LogP contribution is -1.98. The molecule has 0 heterocycles. The predicted octanol–water partition coefficient (Wildman–Crippen LogP) is 1.93. The average molecular weight is 145 g/mol. The van der Waals surface area contributed by atoms with Gasteiger partial charge in [0, 0.05) is 17.9 Å². The van der Waals surface area contributed by atoms with Gasteiger partial charge in [0.2, 0.25) is 0 Å². The van der Waals surface area contributed by atoms with Gasteiger partial charge in [0.25, 0.3) is 0 Å². The molecule has 9 heavy (non-hydrogen) atoms. The lowest BCUT2D eigenvalue weighted by molar-refractivity contribution is -0.114. The molecule has 50 valence electrons. The van der Waals surface area contributed by atoms with Gasteiger partial charge in [-0.2, -0.15) is 0 Å². The smallest absolute Gasteiger partial charge is 0.163 e. The number of rotatable bonds is 4. The minimum atomic E-state index is -0.0278. The molecule has 0 unspecified atom stereocenters. The van der Waals surface area contributed by atoms with Gasteiger partial charge in [-0.1, -0.05) is 19.2 Å². The summed E-state index contributed by atoms with van der Waals surface area (Å²) in [6.07, 6.45) is 1.79. The summed E-state index contributed by atoms with van der Waals surface area (Å²) >= 11 is 5.30. The van der Waals surface area contributed by atoms with E-state index in [4.69, 9.17) is 11.6 Å². The highest BCUT2D eigenvalue weighted by molar-refractivity contribution is 6.19. The van der Waals surface area contributed by atoms with E-state index in [1.165, 1.54) is 6.08 Å². The molecule has 0 saturated heterocycles. The molecule has 0 N–H and O–H groups in total. The number of hydrogen-bond acceptors (Lipinski definition) is 1. The van der Waals surface area contributed by atoms with E-state index in [-0.39, 0.29) is 5.78 Å². The average Bonchev–Trinajstić information content (AvgIpc) is 1.87. The van der Waals surface area contributed by atoms with Gasteiger partial charge in [-0.15, -0.1) is 11.6 Å². The first-order chi connectivity index (χ1) is 4.22. The van der Waals surface area contributed by atoms with E-state index in [0.717, 1.165) is 0 Å². The standard InChI is InChI=1S/C7H9ClO/c1-3-6(2)7(9)4-5-8/h3H,1-2,4-5H2. The van der Waals surface area contributed by atoms with Crippen molar-refractivity contribution in [1.82, 2.24) is 0 Å². The van der Waals surface area contributed by atoms with E-state index in [1.807, 2.05) is 0 Å². The molecule has 0 atom stereocenters. The van der Waals surface area contributed by atoms with Crippen LogP contribution in [0, 0.1) is 0 Å². The molecule has 0 saturated carbocycles. The van der Waals surface area contributed by atoms with E-state index in [9.17, 15) is 4.79 Å². The number of hydrogen-bond donors (Lipinski definition) is 0. The molecule has 1 nitrogen and oxygen atoms in total. The maximum Gasteiger partial charge on any atom is 0.163 e. The van der Waals surface area contributed by atoms with Gasteiger partial charge < -0.3 is 0 Å². The third-order valence-corrected chi connectivity index (χ3v) is 1.12. The molecule has 0 spiro atoms. The van der Waals surface area contributed by atoms with Crippen LogP contribution in [-0.4, -0.2) is 11.7 Å². The second kappa shape index (κ2) is 4.33. The first-order valence-electron chi connectivity index (χ1n) is 2.63. The quantitative estimate of drug-likeness (QED) is 0.335. The molecular formula is C7H9ClO. The summed E-state index contributed by atoms with van der Waals surface area (Å²) in [7, 11) is 0. The largest absolute Gasteiger partial charge is 0.294 e. The summed E-state index contributed by atoms with van der Waals surface area (Å²) in [6, 6.07) is 0. The number of Topliss-reactive ketones (excluding diaryl/α,β-unsaturated/α-hetero) is 1. The Bertz CT molecular complexity index is 138. The fraction of sp³-hybridized carbons (Fsp3) is 0.286. The monoisotopic (exact) mass is 144 g/mol.